The summed E-state index contributed by atoms with van der Waals surface area (Å²) >= 11 is 3.44. The average Bonchev–Trinajstić information content (AvgIpc) is 2.62. The Morgan fingerprint density at radius 3 is 2.00 bits per heavy atom. The number of ketones is 3. The second-order valence-electron chi connectivity index (χ2n) is 6.81. The van der Waals surface area contributed by atoms with Gasteiger partial charge in [0.2, 0.25) is 0 Å². The first-order valence-corrected chi connectivity index (χ1v) is 9.03. The summed E-state index contributed by atoms with van der Waals surface area (Å²) < 4.78 is -0.849. The smallest absolute Gasteiger partial charge is 0.198 e. The molecule has 6 heteroatoms. The van der Waals surface area contributed by atoms with Gasteiger partial charge in [-0.05, 0) is 26.2 Å². The van der Waals surface area contributed by atoms with E-state index in [4.69, 9.17) is 0 Å². The molecule has 0 saturated heterocycles. The number of hydrogen-bond acceptors (Lipinski definition) is 5. The van der Waals surface area contributed by atoms with Crippen LogP contribution in [-0.2, 0) is 17.6 Å². The Balaban J connectivity index is 2.00. The normalized spacial score (nSPS) is 21.0. The van der Waals surface area contributed by atoms with Gasteiger partial charge in [-0.3, -0.25) is 14.4 Å². The van der Waals surface area contributed by atoms with E-state index < -0.39 is 15.9 Å². The number of phenolic OH excluding ortho intramolecular Hbond substituents is 2. The van der Waals surface area contributed by atoms with Crippen molar-refractivity contribution in [3.05, 3.63) is 57.6 Å². The van der Waals surface area contributed by atoms with E-state index in [9.17, 15) is 24.6 Å². The molecule has 0 bridgehead atoms. The summed E-state index contributed by atoms with van der Waals surface area (Å²) in [6.45, 7) is 1.46. The number of phenols is 2. The fourth-order valence-corrected chi connectivity index (χ4v) is 4.35. The lowest BCUT2D eigenvalue weighted by molar-refractivity contribution is -0.119. The highest BCUT2D eigenvalue weighted by Gasteiger charge is 2.43. The molecule has 132 valence electrons. The summed E-state index contributed by atoms with van der Waals surface area (Å²) in [5.74, 6) is -1.65. The van der Waals surface area contributed by atoms with Gasteiger partial charge in [0.25, 0.3) is 0 Å². The predicted octanol–water partition coefficient (Wildman–Crippen LogP) is 3.08. The van der Waals surface area contributed by atoms with E-state index >= 15 is 0 Å². The summed E-state index contributed by atoms with van der Waals surface area (Å²) in [5, 5.41) is 21.6. The fraction of sp³-hybridized carbons (Fsp3) is 0.250. The van der Waals surface area contributed by atoms with Crippen molar-refractivity contribution in [1.82, 2.24) is 0 Å². The minimum absolute atomic E-state index is 0.0903. The average molecular weight is 415 g/mol. The van der Waals surface area contributed by atoms with Crippen LogP contribution in [0.1, 0.15) is 56.3 Å². The van der Waals surface area contributed by atoms with Crippen LogP contribution in [0, 0.1) is 0 Å². The van der Waals surface area contributed by atoms with Crippen molar-refractivity contribution >= 4 is 33.3 Å². The van der Waals surface area contributed by atoms with Crippen LogP contribution in [0.4, 0.5) is 0 Å². The quantitative estimate of drug-likeness (QED) is 0.471. The van der Waals surface area contributed by atoms with E-state index in [0.717, 1.165) is 0 Å². The van der Waals surface area contributed by atoms with Crippen LogP contribution in [-0.4, -0.2) is 31.9 Å². The Bertz CT molecular complexity index is 1020. The van der Waals surface area contributed by atoms with E-state index in [1.807, 2.05) is 0 Å². The number of carbonyl (C=O) groups is 3. The molecular formula is C20H15BrO5. The van der Waals surface area contributed by atoms with Gasteiger partial charge in [-0.2, -0.15) is 0 Å². The van der Waals surface area contributed by atoms with Gasteiger partial charge in [0.05, 0.1) is 15.5 Å². The second-order valence-corrected chi connectivity index (χ2v) is 8.32. The monoisotopic (exact) mass is 414 g/mol. The third-order valence-electron chi connectivity index (χ3n) is 5.39. The molecule has 2 aliphatic rings. The highest BCUT2D eigenvalue weighted by atomic mass is 79.9. The lowest BCUT2D eigenvalue weighted by Crippen LogP contribution is -2.37. The first-order valence-electron chi connectivity index (χ1n) is 8.24. The minimum atomic E-state index is -0.849. The van der Waals surface area contributed by atoms with Crippen LogP contribution in [0.25, 0.3) is 0 Å². The number of aromatic hydroxyl groups is 2. The third-order valence-corrected chi connectivity index (χ3v) is 6.62. The van der Waals surface area contributed by atoms with Gasteiger partial charge in [-0.15, -0.1) is 0 Å². The Kier molecular flexibility index (Phi) is 3.60. The van der Waals surface area contributed by atoms with Crippen molar-refractivity contribution in [2.45, 2.75) is 30.5 Å². The molecule has 0 fully saturated rings. The molecule has 0 heterocycles. The summed E-state index contributed by atoms with van der Waals surface area (Å²) in [6.07, 6.45) is 0.892. The Morgan fingerprint density at radius 1 is 1.00 bits per heavy atom. The Morgan fingerprint density at radius 2 is 1.50 bits per heavy atom. The maximum Gasteiger partial charge on any atom is 0.198 e. The zero-order valence-electron chi connectivity index (χ0n) is 13.9. The van der Waals surface area contributed by atoms with Crippen molar-refractivity contribution in [3.63, 3.8) is 0 Å². The number of carbonyl (C=O) groups excluding carboxylic acids is 3. The molecule has 0 saturated carbocycles. The number of Topliss-reactive ketones (excluding diaryl/α,β-unsaturated/α-hetero) is 1. The van der Waals surface area contributed by atoms with Crippen LogP contribution in [0.3, 0.4) is 0 Å². The van der Waals surface area contributed by atoms with Gasteiger partial charge in [-0.25, -0.2) is 0 Å². The second kappa shape index (κ2) is 5.51. The van der Waals surface area contributed by atoms with Crippen LogP contribution in [0.15, 0.2) is 24.3 Å². The molecule has 4 rings (SSSR count). The molecule has 0 radical (unpaired) electrons. The van der Waals surface area contributed by atoms with Crippen molar-refractivity contribution in [1.29, 1.82) is 0 Å². The number of rotatable bonds is 1. The Hall–Kier alpha value is -2.47. The van der Waals surface area contributed by atoms with Crippen LogP contribution < -0.4 is 0 Å². The van der Waals surface area contributed by atoms with Gasteiger partial charge >= 0.3 is 0 Å². The summed E-state index contributed by atoms with van der Waals surface area (Å²) in [6, 6.07) is 6.35. The van der Waals surface area contributed by atoms with E-state index in [2.05, 4.69) is 15.9 Å². The summed E-state index contributed by atoms with van der Waals surface area (Å²) in [5.41, 5.74) is 0.875. The summed E-state index contributed by atoms with van der Waals surface area (Å²) in [7, 11) is 0. The van der Waals surface area contributed by atoms with Gasteiger partial charge in [0, 0.05) is 22.3 Å². The van der Waals surface area contributed by atoms with Crippen LogP contribution in [0.2, 0.25) is 0 Å². The van der Waals surface area contributed by atoms with Gasteiger partial charge in [0.1, 0.15) is 17.3 Å². The van der Waals surface area contributed by atoms with Crippen LogP contribution in [0.5, 0.6) is 11.5 Å². The topological polar surface area (TPSA) is 91.7 Å². The molecule has 0 amide bonds. The minimum Gasteiger partial charge on any atom is -0.507 e. The molecule has 1 atom stereocenters. The molecule has 2 aromatic rings. The Labute approximate surface area is 157 Å². The first kappa shape index (κ1) is 17.0. The molecule has 0 aliphatic heterocycles. The molecule has 0 unspecified atom stereocenters. The molecule has 2 aliphatic carbocycles. The van der Waals surface area contributed by atoms with E-state index in [-0.39, 0.29) is 46.0 Å². The standard InChI is InChI=1S/C20H15BrO5/c1-9(22)20(21)7-6-12-13(8-20)19(26)15-14(18(12)25)16(23)10-4-2-3-5-11(10)17(15)24/h2-5,25-26H,6-8H2,1H3/t20-/m1/s1. The van der Waals surface area contributed by atoms with Gasteiger partial charge in [-0.1, -0.05) is 40.2 Å². The predicted molar refractivity (Wildman–Crippen MR) is 97.4 cm³/mol. The van der Waals surface area contributed by atoms with Gasteiger partial charge < -0.3 is 10.2 Å². The number of alkyl halides is 1. The zero-order chi connectivity index (χ0) is 18.8. The molecular weight excluding hydrogens is 400 g/mol. The molecule has 5 nitrogen and oxygen atoms in total. The lowest BCUT2D eigenvalue weighted by atomic mass is 9.75. The lowest BCUT2D eigenvalue weighted by Gasteiger charge is -2.33. The van der Waals surface area contributed by atoms with Gasteiger partial charge in [0.15, 0.2) is 11.6 Å². The first-order chi connectivity index (χ1) is 12.3. The van der Waals surface area contributed by atoms with Crippen molar-refractivity contribution in [3.8, 4) is 11.5 Å². The molecule has 2 aromatic carbocycles. The highest BCUT2D eigenvalue weighted by Crippen LogP contribution is 2.48. The molecule has 0 aromatic heterocycles. The SMILES string of the molecule is CC(=O)[C@@]1(Br)CCc2c(O)c3c(c(O)c2C1)C(=O)c1ccccc1C3=O. The number of fused-ring (bicyclic) bond motifs is 3. The van der Waals surface area contributed by atoms with E-state index in [0.29, 0.717) is 24.0 Å². The largest absolute Gasteiger partial charge is 0.507 e. The maximum atomic E-state index is 12.9. The fourth-order valence-electron chi connectivity index (χ4n) is 3.87. The molecule has 0 spiro atoms. The van der Waals surface area contributed by atoms with E-state index in [1.54, 1.807) is 12.1 Å². The number of benzene rings is 2. The van der Waals surface area contributed by atoms with Crippen molar-refractivity contribution in [2.75, 3.05) is 0 Å². The molecule has 2 N–H and O–H groups in total. The zero-order valence-corrected chi connectivity index (χ0v) is 15.5. The highest BCUT2D eigenvalue weighted by molar-refractivity contribution is 9.10. The third kappa shape index (κ3) is 2.11. The number of halogens is 1. The van der Waals surface area contributed by atoms with Crippen LogP contribution >= 0.6 is 15.9 Å². The van der Waals surface area contributed by atoms with Crippen molar-refractivity contribution < 1.29 is 24.6 Å². The molecule has 26 heavy (non-hydrogen) atoms. The number of hydrogen-bond donors (Lipinski definition) is 2. The maximum absolute atomic E-state index is 12.9. The van der Waals surface area contributed by atoms with E-state index in [1.165, 1.54) is 19.1 Å². The summed E-state index contributed by atoms with van der Waals surface area (Å²) in [4.78, 5) is 37.8. The van der Waals surface area contributed by atoms with Crippen molar-refractivity contribution in [2.24, 2.45) is 0 Å².